The van der Waals surface area contributed by atoms with Crippen molar-refractivity contribution in [3.8, 4) is 0 Å². The number of likely N-dealkylation sites (tertiary alicyclic amines) is 1. The van der Waals surface area contributed by atoms with E-state index in [0.717, 1.165) is 13.0 Å². The molecule has 0 aliphatic carbocycles. The van der Waals surface area contributed by atoms with Gasteiger partial charge in [0.05, 0.1) is 6.42 Å². The highest BCUT2D eigenvalue weighted by molar-refractivity contribution is 5.67. The van der Waals surface area contributed by atoms with Crippen molar-refractivity contribution in [3.63, 3.8) is 0 Å². The molecule has 1 aromatic carbocycles. The molecule has 2 rings (SSSR count). The summed E-state index contributed by atoms with van der Waals surface area (Å²) in [6, 6.07) is 10.4. The molecule has 1 N–H and O–H groups in total. The third kappa shape index (κ3) is 2.25. The van der Waals surface area contributed by atoms with Crippen molar-refractivity contribution < 1.29 is 9.90 Å². The lowest BCUT2D eigenvalue weighted by atomic mass is 9.91. The van der Waals surface area contributed by atoms with E-state index in [-0.39, 0.29) is 18.4 Å². The molecule has 1 aliphatic heterocycles. The quantitative estimate of drug-likeness (QED) is 0.846. The highest BCUT2D eigenvalue weighted by atomic mass is 16.4. The average molecular weight is 219 g/mol. The van der Waals surface area contributed by atoms with Crippen LogP contribution in [0.2, 0.25) is 0 Å². The van der Waals surface area contributed by atoms with Gasteiger partial charge in [0.25, 0.3) is 0 Å². The lowest BCUT2D eigenvalue weighted by Gasteiger charge is -2.24. The molecule has 0 aromatic heterocycles. The highest BCUT2D eigenvalue weighted by Gasteiger charge is 2.33. The standard InChI is InChI=1S/C13H17NO2/c1-14-8-7-11(9-12(15)16)13(14)10-5-3-2-4-6-10/h2-6,11,13H,7-9H2,1H3,(H,15,16). The summed E-state index contributed by atoms with van der Waals surface area (Å²) in [5.41, 5.74) is 1.23. The molecular weight excluding hydrogens is 202 g/mol. The van der Waals surface area contributed by atoms with Crippen LogP contribution in [-0.2, 0) is 4.79 Å². The third-order valence-corrected chi connectivity index (χ3v) is 3.35. The van der Waals surface area contributed by atoms with Crippen LogP contribution < -0.4 is 0 Å². The van der Waals surface area contributed by atoms with Crippen molar-refractivity contribution in [3.05, 3.63) is 35.9 Å². The van der Waals surface area contributed by atoms with E-state index in [1.807, 2.05) is 18.2 Å². The Morgan fingerprint density at radius 3 is 2.75 bits per heavy atom. The van der Waals surface area contributed by atoms with Gasteiger partial charge < -0.3 is 5.11 Å². The van der Waals surface area contributed by atoms with Crippen molar-refractivity contribution >= 4 is 5.97 Å². The Bertz CT molecular complexity index is 363. The van der Waals surface area contributed by atoms with E-state index in [2.05, 4.69) is 24.1 Å². The van der Waals surface area contributed by atoms with Crippen LogP contribution in [0.4, 0.5) is 0 Å². The van der Waals surface area contributed by atoms with E-state index in [9.17, 15) is 4.79 Å². The number of carbonyl (C=O) groups is 1. The van der Waals surface area contributed by atoms with Crippen LogP contribution in [0.15, 0.2) is 30.3 Å². The minimum absolute atomic E-state index is 0.241. The molecule has 1 aliphatic rings. The van der Waals surface area contributed by atoms with Crippen LogP contribution >= 0.6 is 0 Å². The molecular formula is C13H17NO2. The third-order valence-electron chi connectivity index (χ3n) is 3.35. The van der Waals surface area contributed by atoms with Crippen LogP contribution in [-0.4, -0.2) is 29.6 Å². The van der Waals surface area contributed by atoms with E-state index in [4.69, 9.17) is 5.11 Å². The molecule has 0 spiro atoms. The fourth-order valence-corrected chi connectivity index (χ4v) is 2.64. The second-order valence-corrected chi connectivity index (χ2v) is 4.48. The predicted octanol–water partition coefficient (Wildman–Crippen LogP) is 2.15. The summed E-state index contributed by atoms with van der Waals surface area (Å²) in [4.78, 5) is 13.1. The molecule has 2 atom stereocenters. The molecule has 0 bridgehead atoms. The van der Waals surface area contributed by atoms with Gasteiger partial charge in [-0.1, -0.05) is 30.3 Å². The normalized spacial score (nSPS) is 25.8. The SMILES string of the molecule is CN1CCC(CC(=O)O)C1c1ccccc1. The van der Waals surface area contributed by atoms with Gasteiger partial charge in [0, 0.05) is 6.04 Å². The molecule has 3 heteroatoms. The summed E-state index contributed by atoms with van der Waals surface area (Å²) in [5, 5.41) is 8.91. The Hall–Kier alpha value is -1.35. The number of rotatable bonds is 3. The van der Waals surface area contributed by atoms with Crippen LogP contribution in [0.1, 0.15) is 24.4 Å². The number of aliphatic carboxylic acids is 1. The molecule has 0 saturated carbocycles. The maximum Gasteiger partial charge on any atom is 0.303 e. The molecule has 0 amide bonds. The minimum Gasteiger partial charge on any atom is -0.481 e. The Labute approximate surface area is 95.7 Å². The van der Waals surface area contributed by atoms with Crippen molar-refractivity contribution in [2.24, 2.45) is 5.92 Å². The molecule has 16 heavy (non-hydrogen) atoms. The van der Waals surface area contributed by atoms with Crippen LogP contribution in [0.3, 0.4) is 0 Å². The first kappa shape index (κ1) is 11.1. The van der Waals surface area contributed by atoms with Gasteiger partial charge in [-0.05, 0) is 31.5 Å². The summed E-state index contributed by atoms with van der Waals surface area (Å²) < 4.78 is 0. The van der Waals surface area contributed by atoms with Crippen molar-refractivity contribution in [2.75, 3.05) is 13.6 Å². The summed E-state index contributed by atoms with van der Waals surface area (Å²) in [6.45, 7) is 0.984. The van der Waals surface area contributed by atoms with Gasteiger partial charge >= 0.3 is 5.97 Å². The first-order chi connectivity index (χ1) is 7.68. The fraction of sp³-hybridized carbons (Fsp3) is 0.462. The lowest BCUT2D eigenvalue weighted by molar-refractivity contribution is -0.138. The predicted molar refractivity (Wildman–Crippen MR) is 62.2 cm³/mol. The van der Waals surface area contributed by atoms with E-state index in [0.29, 0.717) is 0 Å². The largest absolute Gasteiger partial charge is 0.481 e. The summed E-state index contributed by atoms with van der Waals surface area (Å²) in [6.07, 6.45) is 1.24. The van der Waals surface area contributed by atoms with Gasteiger partial charge in [-0.25, -0.2) is 0 Å². The first-order valence-corrected chi connectivity index (χ1v) is 5.65. The number of carboxylic acid groups (broad SMARTS) is 1. The zero-order valence-electron chi connectivity index (χ0n) is 9.47. The van der Waals surface area contributed by atoms with Crippen molar-refractivity contribution in [1.82, 2.24) is 4.90 Å². The molecule has 1 heterocycles. The Morgan fingerprint density at radius 2 is 2.12 bits per heavy atom. The minimum atomic E-state index is -0.693. The van der Waals surface area contributed by atoms with Gasteiger partial charge in [-0.15, -0.1) is 0 Å². The Balaban J connectivity index is 2.19. The van der Waals surface area contributed by atoms with E-state index in [1.54, 1.807) is 0 Å². The molecule has 0 radical (unpaired) electrons. The number of hydrogen-bond donors (Lipinski definition) is 1. The molecule has 3 nitrogen and oxygen atoms in total. The highest BCUT2D eigenvalue weighted by Crippen LogP contribution is 2.37. The number of carboxylic acids is 1. The fourth-order valence-electron chi connectivity index (χ4n) is 2.64. The smallest absolute Gasteiger partial charge is 0.303 e. The van der Waals surface area contributed by atoms with E-state index < -0.39 is 5.97 Å². The van der Waals surface area contributed by atoms with Gasteiger partial charge in [-0.3, -0.25) is 9.69 Å². The topological polar surface area (TPSA) is 40.5 Å². The van der Waals surface area contributed by atoms with Crippen molar-refractivity contribution in [2.45, 2.75) is 18.9 Å². The van der Waals surface area contributed by atoms with Gasteiger partial charge in [0.15, 0.2) is 0 Å². The number of benzene rings is 1. The second kappa shape index (κ2) is 4.66. The zero-order valence-corrected chi connectivity index (χ0v) is 9.47. The summed E-state index contributed by atoms with van der Waals surface area (Å²) in [7, 11) is 2.07. The van der Waals surface area contributed by atoms with Gasteiger partial charge in [0.1, 0.15) is 0 Å². The maximum atomic E-state index is 10.8. The average Bonchev–Trinajstić information content (AvgIpc) is 2.60. The lowest BCUT2D eigenvalue weighted by Crippen LogP contribution is -2.22. The molecule has 1 fully saturated rings. The zero-order chi connectivity index (χ0) is 11.5. The van der Waals surface area contributed by atoms with Crippen LogP contribution in [0, 0.1) is 5.92 Å². The van der Waals surface area contributed by atoms with E-state index >= 15 is 0 Å². The Kier molecular flexibility index (Phi) is 3.25. The molecule has 1 aromatic rings. The number of nitrogens with zero attached hydrogens (tertiary/aromatic N) is 1. The molecule has 2 unspecified atom stereocenters. The second-order valence-electron chi connectivity index (χ2n) is 4.48. The number of hydrogen-bond acceptors (Lipinski definition) is 2. The maximum absolute atomic E-state index is 10.8. The monoisotopic (exact) mass is 219 g/mol. The summed E-state index contributed by atoms with van der Waals surface area (Å²) in [5.74, 6) is -0.453. The van der Waals surface area contributed by atoms with Gasteiger partial charge in [-0.2, -0.15) is 0 Å². The van der Waals surface area contributed by atoms with E-state index in [1.165, 1.54) is 5.56 Å². The summed E-state index contributed by atoms with van der Waals surface area (Å²) >= 11 is 0. The van der Waals surface area contributed by atoms with Gasteiger partial charge in [0.2, 0.25) is 0 Å². The molecule has 1 saturated heterocycles. The van der Waals surface area contributed by atoms with Crippen LogP contribution in [0.25, 0.3) is 0 Å². The Morgan fingerprint density at radius 1 is 1.44 bits per heavy atom. The molecule has 86 valence electrons. The first-order valence-electron chi connectivity index (χ1n) is 5.65. The van der Waals surface area contributed by atoms with Crippen molar-refractivity contribution in [1.29, 1.82) is 0 Å². The van der Waals surface area contributed by atoms with Crippen LogP contribution in [0.5, 0.6) is 0 Å².